The SMILES string of the molecule is C[C@@H](Sc1n[nH]c(-c2ccncc2)n1)C(=O)Nc1ccc(Cl)cc1Cl. The van der Waals surface area contributed by atoms with Gasteiger partial charge in [-0.3, -0.25) is 14.9 Å². The molecule has 0 spiro atoms. The Morgan fingerprint density at radius 1 is 1.24 bits per heavy atom. The Morgan fingerprint density at radius 2 is 2.00 bits per heavy atom. The Hall–Kier alpha value is -2.09. The standard InChI is InChI=1S/C16H13Cl2N5OS/c1-9(15(24)20-13-3-2-11(17)8-12(13)18)25-16-21-14(22-23-16)10-4-6-19-7-5-10/h2-9H,1H3,(H,20,24)(H,21,22,23)/t9-/m1/s1. The van der Waals surface area contributed by atoms with E-state index in [0.29, 0.717) is 26.7 Å². The highest BCUT2D eigenvalue weighted by Gasteiger charge is 2.18. The minimum Gasteiger partial charge on any atom is -0.324 e. The average Bonchev–Trinajstić information content (AvgIpc) is 3.06. The smallest absolute Gasteiger partial charge is 0.237 e. The quantitative estimate of drug-likeness (QED) is 0.631. The van der Waals surface area contributed by atoms with Crippen molar-refractivity contribution in [3.63, 3.8) is 0 Å². The molecule has 3 rings (SSSR count). The normalized spacial score (nSPS) is 12.0. The summed E-state index contributed by atoms with van der Waals surface area (Å²) in [6.45, 7) is 1.77. The van der Waals surface area contributed by atoms with Gasteiger partial charge < -0.3 is 5.32 Å². The largest absolute Gasteiger partial charge is 0.324 e. The Bertz CT molecular complexity index is 887. The highest BCUT2D eigenvalue weighted by molar-refractivity contribution is 8.00. The number of carbonyl (C=O) groups is 1. The summed E-state index contributed by atoms with van der Waals surface area (Å²) in [6, 6.07) is 8.56. The molecule has 0 fully saturated rings. The zero-order valence-electron chi connectivity index (χ0n) is 13.0. The number of anilines is 1. The lowest BCUT2D eigenvalue weighted by atomic mass is 10.3. The van der Waals surface area contributed by atoms with Crippen molar-refractivity contribution in [2.75, 3.05) is 5.32 Å². The minimum atomic E-state index is -0.409. The number of benzene rings is 1. The number of H-pyrrole nitrogens is 1. The first-order valence-corrected chi connectivity index (χ1v) is 8.92. The summed E-state index contributed by atoms with van der Waals surface area (Å²) >= 11 is 13.2. The summed E-state index contributed by atoms with van der Waals surface area (Å²) in [5.74, 6) is 0.419. The topological polar surface area (TPSA) is 83.6 Å². The van der Waals surface area contributed by atoms with Crippen LogP contribution in [0.4, 0.5) is 5.69 Å². The first-order valence-electron chi connectivity index (χ1n) is 7.28. The number of carbonyl (C=O) groups excluding carboxylic acids is 1. The van der Waals surface area contributed by atoms with Crippen molar-refractivity contribution in [2.45, 2.75) is 17.3 Å². The van der Waals surface area contributed by atoms with E-state index in [9.17, 15) is 4.79 Å². The number of amides is 1. The van der Waals surface area contributed by atoms with Gasteiger partial charge in [-0.05, 0) is 37.3 Å². The van der Waals surface area contributed by atoms with Crippen LogP contribution in [0.25, 0.3) is 11.4 Å². The van der Waals surface area contributed by atoms with E-state index in [4.69, 9.17) is 23.2 Å². The van der Waals surface area contributed by atoms with Gasteiger partial charge in [0.1, 0.15) is 0 Å². The van der Waals surface area contributed by atoms with Gasteiger partial charge in [-0.25, -0.2) is 4.98 Å². The maximum absolute atomic E-state index is 12.3. The van der Waals surface area contributed by atoms with E-state index in [1.807, 2.05) is 12.1 Å². The van der Waals surface area contributed by atoms with Crippen LogP contribution in [0.3, 0.4) is 0 Å². The molecular formula is C16H13Cl2N5OS. The van der Waals surface area contributed by atoms with Crippen LogP contribution in [0.1, 0.15) is 6.92 Å². The molecule has 25 heavy (non-hydrogen) atoms. The molecule has 0 aliphatic heterocycles. The van der Waals surface area contributed by atoms with Crippen LogP contribution in [0.5, 0.6) is 0 Å². The van der Waals surface area contributed by atoms with Crippen LogP contribution in [0, 0.1) is 0 Å². The Morgan fingerprint density at radius 3 is 2.72 bits per heavy atom. The van der Waals surface area contributed by atoms with Crippen LogP contribution in [0.2, 0.25) is 10.0 Å². The first kappa shape index (κ1) is 17.7. The molecule has 1 amide bonds. The van der Waals surface area contributed by atoms with E-state index in [1.54, 1.807) is 37.5 Å². The van der Waals surface area contributed by atoms with Gasteiger partial charge in [0, 0.05) is 23.0 Å². The third-order valence-electron chi connectivity index (χ3n) is 3.26. The molecule has 0 aliphatic rings. The lowest BCUT2D eigenvalue weighted by Gasteiger charge is -2.11. The third-order valence-corrected chi connectivity index (χ3v) is 4.77. The van der Waals surface area contributed by atoms with Crippen LogP contribution >= 0.6 is 35.0 Å². The number of hydrogen-bond donors (Lipinski definition) is 2. The summed E-state index contributed by atoms with van der Waals surface area (Å²) in [4.78, 5) is 20.7. The summed E-state index contributed by atoms with van der Waals surface area (Å²) in [7, 11) is 0. The molecule has 0 radical (unpaired) electrons. The lowest BCUT2D eigenvalue weighted by molar-refractivity contribution is -0.115. The second-order valence-electron chi connectivity index (χ2n) is 5.08. The van der Waals surface area contributed by atoms with Crippen molar-refractivity contribution in [3.8, 4) is 11.4 Å². The second kappa shape index (κ2) is 7.86. The van der Waals surface area contributed by atoms with Crippen molar-refractivity contribution in [3.05, 3.63) is 52.8 Å². The number of hydrogen-bond acceptors (Lipinski definition) is 5. The third kappa shape index (κ3) is 4.50. The fourth-order valence-electron chi connectivity index (χ4n) is 1.97. The summed E-state index contributed by atoms with van der Waals surface area (Å²) in [6.07, 6.45) is 3.35. The molecule has 2 aromatic heterocycles. The van der Waals surface area contributed by atoms with Crippen molar-refractivity contribution in [1.29, 1.82) is 0 Å². The molecule has 0 unspecified atom stereocenters. The van der Waals surface area contributed by atoms with Crippen molar-refractivity contribution in [1.82, 2.24) is 20.2 Å². The number of aromatic amines is 1. The average molecular weight is 394 g/mol. The number of halogens is 2. The molecule has 2 heterocycles. The molecule has 2 N–H and O–H groups in total. The highest BCUT2D eigenvalue weighted by Crippen LogP contribution is 2.27. The van der Waals surface area contributed by atoms with Crippen LogP contribution in [-0.2, 0) is 4.79 Å². The first-order chi connectivity index (χ1) is 12.0. The monoisotopic (exact) mass is 393 g/mol. The number of nitrogens with zero attached hydrogens (tertiary/aromatic N) is 3. The number of pyridine rings is 1. The van der Waals surface area contributed by atoms with Crippen molar-refractivity contribution in [2.24, 2.45) is 0 Å². The van der Waals surface area contributed by atoms with E-state index in [0.717, 1.165) is 5.56 Å². The summed E-state index contributed by atoms with van der Waals surface area (Å²) in [5.41, 5.74) is 1.38. The molecule has 128 valence electrons. The fourth-order valence-corrected chi connectivity index (χ4v) is 3.16. The number of aromatic nitrogens is 4. The number of thioether (sulfide) groups is 1. The van der Waals surface area contributed by atoms with E-state index < -0.39 is 5.25 Å². The molecule has 0 saturated heterocycles. The van der Waals surface area contributed by atoms with Crippen LogP contribution in [0.15, 0.2) is 47.9 Å². The number of rotatable bonds is 5. The predicted molar refractivity (Wildman–Crippen MR) is 100 cm³/mol. The summed E-state index contributed by atoms with van der Waals surface area (Å²) < 4.78 is 0. The Kier molecular flexibility index (Phi) is 5.57. The molecule has 0 aliphatic carbocycles. The predicted octanol–water partition coefficient (Wildman–Crippen LogP) is 4.29. The molecule has 1 aromatic carbocycles. The molecule has 1 atom stereocenters. The molecular weight excluding hydrogens is 381 g/mol. The zero-order valence-corrected chi connectivity index (χ0v) is 15.4. The van der Waals surface area contributed by atoms with Gasteiger partial charge in [0.25, 0.3) is 0 Å². The van der Waals surface area contributed by atoms with Gasteiger partial charge >= 0.3 is 0 Å². The minimum absolute atomic E-state index is 0.204. The second-order valence-corrected chi connectivity index (χ2v) is 7.23. The van der Waals surface area contributed by atoms with Crippen molar-refractivity contribution >= 4 is 46.6 Å². The lowest BCUT2D eigenvalue weighted by Crippen LogP contribution is -2.22. The molecule has 0 saturated carbocycles. The maximum atomic E-state index is 12.3. The van der Waals surface area contributed by atoms with Crippen molar-refractivity contribution < 1.29 is 4.79 Å². The van der Waals surface area contributed by atoms with Crippen LogP contribution in [-0.4, -0.2) is 31.3 Å². The van der Waals surface area contributed by atoms with Gasteiger partial charge in [-0.15, -0.1) is 5.10 Å². The van der Waals surface area contributed by atoms with Gasteiger partial charge in [0.05, 0.1) is 16.0 Å². The van der Waals surface area contributed by atoms with Gasteiger partial charge in [0.2, 0.25) is 11.1 Å². The van der Waals surface area contributed by atoms with E-state index >= 15 is 0 Å². The Labute approximate surface area is 158 Å². The van der Waals surface area contributed by atoms with Gasteiger partial charge in [-0.2, -0.15) is 0 Å². The zero-order chi connectivity index (χ0) is 17.8. The molecule has 9 heteroatoms. The van der Waals surface area contributed by atoms with Crippen LogP contribution < -0.4 is 5.32 Å². The molecule has 0 bridgehead atoms. The van der Waals surface area contributed by atoms with Gasteiger partial charge in [0.15, 0.2) is 5.82 Å². The molecule has 3 aromatic rings. The van der Waals surface area contributed by atoms with E-state index in [2.05, 4.69) is 25.5 Å². The van der Waals surface area contributed by atoms with E-state index in [-0.39, 0.29) is 5.91 Å². The van der Waals surface area contributed by atoms with Gasteiger partial charge in [-0.1, -0.05) is 35.0 Å². The number of nitrogens with one attached hydrogen (secondary N) is 2. The van der Waals surface area contributed by atoms with E-state index in [1.165, 1.54) is 11.8 Å². The maximum Gasteiger partial charge on any atom is 0.237 e. The highest BCUT2D eigenvalue weighted by atomic mass is 35.5. The summed E-state index contributed by atoms with van der Waals surface area (Å²) in [5, 5.41) is 10.7. The Balaban J connectivity index is 1.65. The fraction of sp³-hybridized carbons (Fsp3) is 0.125. The molecule has 6 nitrogen and oxygen atoms in total.